The van der Waals surface area contributed by atoms with Gasteiger partial charge < -0.3 is 11.1 Å². The first-order chi connectivity index (χ1) is 12.1. The third kappa shape index (κ3) is 6.82. The number of nitrogens with one attached hydrogen (secondary N) is 1. The summed E-state index contributed by atoms with van der Waals surface area (Å²) < 4.78 is 0. The van der Waals surface area contributed by atoms with Gasteiger partial charge >= 0.3 is 0 Å². The lowest BCUT2D eigenvalue weighted by Crippen LogP contribution is -1.95. The second-order valence-corrected chi connectivity index (χ2v) is 5.75. The number of hydrogen-bond donors (Lipinski definition) is 2. The first kappa shape index (κ1) is 20.5. The number of allylic oxidation sites excluding steroid dienone is 4. The van der Waals surface area contributed by atoms with E-state index < -0.39 is 0 Å². The van der Waals surface area contributed by atoms with Crippen LogP contribution in [0.5, 0.6) is 0 Å². The minimum absolute atomic E-state index is 0.863. The normalized spacial score (nSPS) is 10.1. The summed E-state index contributed by atoms with van der Waals surface area (Å²) in [5.74, 6) is 0. The average molecular weight is 335 g/mol. The summed E-state index contributed by atoms with van der Waals surface area (Å²) in [5, 5.41) is 3.48. The van der Waals surface area contributed by atoms with Crippen molar-refractivity contribution in [2.75, 3.05) is 12.4 Å². The first-order valence-corrected chi connectivity index (χ1v) is 8.62. The van der Waals surface area contributed by atoms with Gasteiger partial charge in [0.2, 0.25) is 0 Å². The van der Waals surface area contributed by atoms with Crippen LogP contribution in [-0.4, -0.2) is 7.05 Å². The molecule has 2 rings (SSSR count). The molecule has 2 aromatic rings. The molecule has 0 spiro atoms. The lowest BCUT2D eigenvalue weighted by atomic mass is 10.0. The molecular weight excluding hydrogens is 304 g/mol. The van der Waals surface area contributed by atoms with Crippen LogP contribution in [-0.2, 0) is 12.8 Å². The lowest BCUT2D eigenvalue weighted by Gasteiger charge is -2.12. The molecule has 0 fully saturated rings. The third-order valence-corrected chi connectivity index (χ3v) is 3.85. The van der Waals surface area contributed by atoms with Gasteiger partial charge in [0.1, 0.15) is 0 Å². The second-order valence-electron chi connectivity index (χ2n) is 5.75. The van der Waals surface area contributed by atoms with Crippen molar-refractivity contribution >= 4 is 11.4 Å². The van der Waals surface area contributed by atoms with Crippen LogP contribution in [0.4, 0.5) is 11.4 Å². The standard InChI is InChI=1S/C22H25N.CH5N/c1-5-7-9-17(3)14-20-12-13-22(15-18(20)4)23-21-11-8-10-19(6-2)16-21;1-2/h5,7-13,15-16,23H,1,3,6,14H2,2,4H3;2H2,1H3/b9-7-;. The van der Waals surface area contributed by atoms with E-state index in [0.29, 0.717) is 0 Å². The van der Waals surface area contributed by atoms with E-state index in [1.807, 2.05) is 12.2 Å². The fraction of sp³-hybridized carbons (Fsp3) is 0.217. The molecule has 0 aliphatic rings. The largest absolute Gasteiger partial charge is 0.356 e. The maximum Gasteiger partial charge on any atom is 0.0387 e. The average Bonchev–Trinajstić information content (AvgIpc) is 2.64. The Balaban J connectivity index is 0.00000151. The highest BCUT2D eigenvalue weighted by molar-refractivity contribution is 5.61. The van der Waals surface area contributed by atoms with Gasteiger partial charge in [0.25, 0.3) is 0 Å². The highest BCUT2D eigenvalue weighted by Gasteiger charge is 2.02. The van der Waals surface area contributed by atoms with Gasteiger partial charge in [-0.05, 0) is 67.8 Å². The van der Waals surface area contributed by atoms with Crippen LogP contribution in [0.25, 0.3) is 0 Å². The molecule has 25 heavy (non-hydrogen) atoms. The van der Waals surface area contributed by atoms with Crippen molar-refractivity contribution in [3.63, 3.8) is 0 Å². The summed E-state index contributed by atoms with van der Waals surface area (Å²) in [7, 11) is 1.50. The summed E-state index contributed by atoms with van der Waals surface area (Å²) in [4.78, 5) is 0. The van der Waals surface area contributed by atoms with Crippen molar-refractivity contribution in [2.45, 2.75) is 26.7 Å². The fourth-order valence-electron chi connectivity index (χ4n) is 2.52. The summed E-state index contributed by atoms with van der Waals surface area (Å²) in [6, 6.07) is 15.0. The molecule has 0 aliphatic heterocycles. The van der Waals surface area contributed by atoms with Crippen molar-refractivity contribution in [2.24, 2.45) is 5.73 Å². The van der Waals surface area contributed by atoms with E-state index in [4.69, 9.17) is 0 Å². The van der Waals surface area contributed by atoms with Crippen molar-refractivity contribution in [1.29, 1.82) is 0 Å². The quantitative estimate of drug-likeness (QED) is 0.636. The predicted octanol–water partition coefficient (Wildman–Crippen LogP) is 5.72. The van der Waals surface area contributed by atoms with Crippen LogP contribution in [0.2, 0.25) is 0 Å². The Bertz CT molecular complexity index is 727. The van der Waals surface area contributed by atoms with Gasteiger partial charge in [0, 0.05) is 11.4 Å². The van der Waals surface area contributed by atoms with E-state index in [2.05, 4.69) is 80.5 Å². The maximum absolute atomic E-state index is 4.50. The smallest absolute Gasteiger partial charge is 0.0387 e. The fourth-order valence-corrected chi connectivity index (χ4v) is 2.52. The van der Waals surface area contributed by atoms with Gasteiger partial charge in [0.05, 0.1) is 0 Å². The van der Waals surface area contributed by atoms with Crippen LogP contribution in [0.15, 0.2) is 79.4 Å². The second kappa shape index (κ2) is 11.1. The molecule has 0 saturated heterocycles. The summed E-state index contributed by atoms with van der Waals surface area (Å²) in [6.07, 6.45) is 7.62. The molecule has 0 amide bonds. The van der Waals surface area contributed by atoms with Gasteiger partial charge in [-0.25, -0.2) is 0 Å². The molecule has 0 saturated carbocycles. The summed E-state index contributed by atoms with van der Waals surface area (Å²) in [5.41, 5.74) is 11.8. The first-order valence-electron chi connectivity index (χ1n) is 8.62. The molecule has 132 valence electrons. The van der Waals surface area contributed by atoms with Gasteiger partial charge in [0.15, 0.2) is 0 Å². The minimum atomic E-state index is 0.863. The maximum atomic E-state index is 4.50. The molecule has 0 radical (unpaired) electrons. The van der Waals surface area contributed by atoms with E-state index in [1.54, 1.807) is 6.08 Å². The number of anilines is 2. The molecule has 0 aliphatic carbocycles. The van der Waals surface area contributed by atoms with Crippen LogP contribution in [0.3, 0.4) is 0 Å². The number of aryl methyl sites for hydroxylation is 2. The Kier molecular flexibility index (Phi) is 9.05. The van der Waals surface area contributed by atoms with Crippen molar-refractivity contribution in [1.82, 2.24) is 0 Å². The van der Waals surface area contributed by atoms with Crippen LogP contribution in [0.1, 0.15) is 23.6 Å². The van der Waals surface area contributed by atoms with E-state index >= 15 is 0 Å². The van der Waals surface area contributed by atoms with Gasteiger partial charge in [-0.2, -0.15) is 0 Å². The molecule has 2 heteroatoms. The Labute approximate surface area is 152 Å². The van der Waals surface area contributed by atoms with Crippen molar-refractivity contribution in [3.05, 3.63) is 96.1 Å². The molecule has 2 aromatic carbocycles. The highest BCUT2D eigenvalue weighted by Crippen LogP contribution is 2.22. The Morgan fingerprint density at radius 3 is 2.48 bits per heavy atom. The number of hydrogen-bond acceptors (Lipinski definition) is 2. The minimum Gasteiger partial charge on any atom is -0.356 e. The Morgan fingerprint density at radius 2 is 1.84 bits per heavy atom. The molecule has 0 atom stereocenters. The summed E-state index contributed by atoms with van der Waals surface area (Å²) >= 11 is 0. The van der Waals surface area contributed by atoms with Crippen molar-refractivity contribution < 1.29 is 0 Å². The zero-order valence-corrected chi connectivity index (χ0v) is 15.7. The monoisotopic (exact) mass is 334 g/mol. The Hall–Kier alpha value is -2.58. The molecule has 0 aromatic heterocycles. The Morgan fingerprint density at radius 1 is 1.12 bits per heavy atom. The van der Waals surface area contributed by atoms with E-state index in [1.165, 1.54) is 23.7 Å². The molecular formula is C23H30N2. The SMILES string of the molecule is C=C/C=C\C(=C)Cc1ccc(Nc2cccc(CC)c2)cc1C.CN. The van der Waals surface area contributed by atoms with E-state index in [0.717, 1.165) is 29.8 Å². The summed E-state index contributed by atoms with van der Waals surface area (Å²) in [6.45, 7) is 12.1. The van der Waals surface area contributed by atoms with Gasteiger partial charge in [-0.15, -0.1) is 0 Å². The van der Waals surface area contributed by atoms with Crippen LogP contribution >= 0.6 is 0 Å². The zero-order chi connectivity index (χ0) is 18.7. The molecule has 0 unspecified atom stereocenters. The zero-order valence-electron chi connectivity index (χ0n) is 15.7. The van der Waals surface area contributed by atoms with E-state index in [-0.39, 0.29) is 0 Å². The van der Waals surface area contributed by atoms with Gasteiger partial charge in [-0.3, -0.25) is 0 Å². The molecule has 0 heterocycles. The lowest BCUT2D eigenvalue weighted by molar-refractivity contribution is 1.14. The molecule has 0 bridgehead atoms. The van der Waals surface area contributed by atoms with E-state index in [9.17, 15) is 0 Å². The number of benzene rings is 2. The number of rotatable bonds is 7. The van der Waals surface area contributed by atoms with Gasteiger partial charge in [-0.1, -0.05) is 62.1 Å². The van der Waals surface area contributed by atoms with Crippen molar-refractivity contribution in [3.8, 4) is 0 Å². The molecule has 3 N–H and O–H groups in total. The molecule has 2 nitrogen and oxygen atoms in total. The van der Waals surface area contributed by atoms with Crippen LogP contribution < -0.4 is 11.1 Å². The predicted molar refractivity (Wildman–Crippen MR) is 113 cm³/mol. The third-order valence-electron chi connectivity index (χ3n) is 3.85. The number of nitrogens with two attached hydrogens (primary N) is 1. The topological polar surface area (TPSA) is 38.0 Å². The highest BCUT2D eigenvalue weighted by atomic mass is 14.9. The van der Waals surface area contributed by atoms with Crippen LogP contribution in [0, 0.1) is 6.92 Å².